The Labute approximate surface area is 137 Å². The Morgan fingerprint density at radius 3 is 2.09 bits per heavy atom. The molecule has 1 aliphatic rings. The van der Waals surface area contributed by atoms with Crippen LogP contribution >= 0.6 is 0 Å². The van der Waals surface area contributed by atoms with Gasteiger partial charge in [0.2, 0.25) is 5.95 Å². The quantitative estimate of drug-likeness (QED) is 0.919. The van der Waals surface area contributed by atoms with Crippen LogP contribution in [-0.2, 0) is 9.47 Å². The number of hydrogen-bond acceptors (Lipinski definition) is 5. The van der Waals surface area contributed by atoms with Crippen LogP contribution in [0.3, 0.4) is 0 Å². The molecule has 0 radical (unpaired) electrons. The standard InChI is InChI=1S/C18H23N3O2/c1-22-15-9-6-10-16(23-2)17(15)21-18-19-11-14(12-20-18)13-7-4-3-5-8-13/h3-5,7-8,11-12,15-17H,6,9-10H2,1-2H3,(H,19,20,21). The van der Waals surface area contributed by atoms with Gasteiger partial charge in [0.05, 0.1) is 18.2 Å². The van der Waals surface area contributed by atoms with Gasteiger partial charge in [-0.05, 0) is 24.8 Å². The summed E-state index contributed by atoms with van der Waals surface area (Å²) in [4.78, 5) is 8.91. The molecule has 2 aromatic rings. The van der Waals surface area contributed by atoms with Crippen LogP contribution in [0.15, 0.2) is 42.7 Å². The van der Waals surface area contributed by atoms with Crippen LogP contribution in [0.2, 0.25) is 0 Å². The number of benzene rings is 1. The molecule has 0 saturated heterocycles. The van der Waals surface area contributed by atoms with Gasteiger partial charge in [0.25, 0.3) is 0 Å². The molecule has 1 saturated carbocycles. The Kier molecular flexibility index (Phi) is 5.20. The van der Waals surface area contributed by atoms with Gasteiger partial charge in [0.1, 0.15) is 0 Å². The summed E-state index contributed by atoms with van der Waals surface area (Å²) in [7, 11) is 3.49. The van der Waals surface area contributed by atoms with E-state index in [4.69, 9.17) is 9.47 Å². The summed E-state index contributed by atoms with van der Waals surface area (Å²) in [6.07, 6.45) is 7.08. The number of hydrogen-bond donors (Lipinski definition) is 1. The number of ether oxygens (including phenoxy) is 2. The van der Waals surface area contributed by atoms with Crippen molar-refractivity contribution in [3.8, 4) is 11.1 Å². The van der Waals surface area contributed by atoms with E-state index in [1.54, 1.807) is 14.2 Å². The van der Waals surface area contributed by atoms with Crippen LogP contribution in [0, 0.1) is 0 Å². The minimum absolute atomic E-state index is 0.0707. The SMILES string of the molecule is COC1CCCC(OC)C1Nc1ncc(-c2ccccc2)cn1. The first-order valence-electron chi connectivity index (χ1n) is 8.01. The van der Waals surface area contributed by atoms with E-state index in [-0.39, 0.29) is 18.2 Å². The van der Waals surface area contributed by atoms with Crippen LogP contribution in [0.4, 0.5) is 5.95 Å². The fraction of sp³-hybridized carbons (Fsp3) is 0.444. The van der Waals surface area contributed by atoms with Crippen LogP contribution in [0.1, 0.15) is 19.3 Å². The minimum Gasteiger partial charge on any atom is -0.379 e. The molecule has 5 nitrogen and oxygen atoms in total. The highest BCUT2D eigenvalue weighted by Gasteiger charge is 2.34. The van der Waals surface area contributed by atoms with Gasteiger partial charge in [-0.3, -0.25) is 0 Å². The number of nitrogens with one attached hydrogen (secondary N) is 1. The average molecular weight is 313 g/mol. The van der Waals surface area contributed by atoms with Gasteiger partial charge in [-0.2, -0.15) is 0 Å². The summed E-state index contributed by atoms with van der Waals surface area (Å²) < 4.78 is 11.2. The molecule has 0 bridgehead atoms. The number of rotatable bonds is 5. The van der Waals surface area contributed by atoms with E-state index in [2.05, 4.69) is 27.4 Å². The molecule has 3 rings (SSSR count). The molecule has 1 aromatic heterocycles. The number of nitrogens with zero attached hydrogens (tertiary/aromatic N) is 2. The molecule has 1 aromatic carbocycles. The fourth-order valence-corrected chi connectivity index (χ4v) is 3.16. The van der Waals surface area contributed by atoms with Crippen LogP contribution < -0.4 is 5.32 Å². The van der Waals surface area contributed by atoms with Crippen molar-refractivity contribution in [1.29, 1.82) is 0 Å². The van der Waals surface area contributed by atoms with Crippen molar-refractivity contribution >= 4 is 5.95 Å². The van der Waals surface area contributed by atoms with E-state index in [1.165, 1.54) is 0 Å². The van der Waals surface area contributed by atoms with Gasteiger partial charge >= 0.3 is 0 Å². The van der Waals surface area contributed by atoms with Gasteiger partial charge in [0, 0.05) is 32.2 Å². The van der Waals surface area contributed by atoms with Gasteiger partial charge in [-0.1, -0.05) is 30.3 Å². The second-order valence-corrected chi connectivity index (χ2v) is 5.81. The molecule has 0 amide bonds. The summed E-state index contributed by atoms with van der Waals surface area (Å²) in [5, 5.41) is 3.39. The van der Waals surface area contributed by atoms with Gasteiger partial charge in [0.15, 0.2) is 0 Å². The average Bonchev–Trinajstić information content (AvgIpc) is 2.63. The van der Waals surface area contributed by atoms with Crippen molar-refractivity contribution in [2.75, 3.05) is 19.5 Å². The largest absolute Gasteiger partial charge is 0.379 e. The Balaban J connectivity index is 1.74. The highest BCUT2D eigenvalue weighted by Crippen LogP contribution is 2.26. The van der Waals surface area contributed by atoms with Crippen molar-refractivity contribution in [1.82, 2.24) is 9.97 Å². The van der Waals surface area contributed by atoms with E-state index < -0.39 is 0 Å². The molecule has 1 N–H and O–H groups in total. The number of methoxy groups -OCH3 is 2. The van der Waals surface area contributed by atoms with Crippen molar-refractivity contribution in [2.45, 2.75) is 37.5 Å². The second-order valence-electron chi connectivity index (χ2n) is 5.81. The lowest BCUT2D eigenvalue weighted by molar-refractivity contribution is -0.0213. The molecule has 23 heavy (non-hydrogen) atoms. The van der Waals surface area contributed by atoms with Gasteiger partial charge in [-0.25, -0.2) is 9.97 Å². The maximum atomic E-state index is 5.60. The van der Waals surface area contributed by atoms with E-state index in [0.29, 0.717) is 5.95 Å². The summed E-state index contributed by atoms with van der Waals surface area (Å²) in [6, 6.07) is 10.2. The molecule has 2 unspecified atom stereocenters. The maximum Gasteiger partial charge on any atom is 0.223 e. The molecular formula is C18H23N3O2. The first-order valence-corrected chi connectivity index (χ1v) is 8.01. The second kappa shape index (κ2) is 7.53. The predicted molar refractivity (Wildman–Crippen MR) is 90.3 cm³/mol. The lowest BCUT2D eigenvalue weighted by Gasteiger charge is -2.36. The molecule has 1 fully saturated rings. The predicted octanol–water partition coefficient (Wildman–Crippen LogP) is 3.14. The maximum absolute atomic E-state index is 5.60. The third kappa shape index (κ3) is 3.68. The zero-order valence-corrected chi connectivity index (χ0v) is 13.6. The van der Waals surface area contributed by atoms with E-state index in [1.807, 2.05) is 30.6 Å². The summed E-state index contributed by atoms with van der Waals surface area (Å²) >= 11 is 0. The Morgan fingerprint density at radius 1 is 0.913 bits per heavy atom. The molecule has 1 aliphatic carbocycles. The first kappa shape index (κ1) is 15.9. The zero-order valence-electron chi connectivity index (χ0n) is 13.6. The van der Waals surface area contributed by atoms with Gasteiger partial charge in [-0.15, -0.1) is 0 Å². The Hall–Kier alpha value is -1.98. The van der Waals surface area contributed by atoms with Crippen molar-refractivity contribution in [2.24, 2.45) is 0 Å². The molecule has 0 spiro atoms. The number of aromatic nitrogens is 2. The first-order chi connectivity index (χ1) is 11.3. The monoisotopic (exact) mass is 313 g/mol. The van der Waals surface area contributed by atoms with Crippen LogP contribution in [0.5, 0.6) is 0 Å². The normalized spacial score (nSPS) is 24.3. The van der Waals surface area contributed by atoms with E-state index >= 15 is 0 Å². The van der Waals surface area contributed by atoms with Crippen molar-refractivity contribution in [3.05, 3.63) is 42.7 Å². The third-order valence-corrected chi connectivity index (χ3v) is 4.44. The van der Waals surface area contributed by atoms with Crippen molar-refractivity contribution < 1.29 is 9.47 Å². The van der Waals surface area contributed by atoms with E-state index in [0.717, 1.165) is 30.4 Å². The fourth-order valence-electron chi connectivity index (χ4n) is 3.16. The lowest BCUT2D eigenvalue weighted by Crippen LogP contribution is -2.48. The molecule has 5 heteroatoms. The van der Waals surface area contributed by atoms with Crippen LogP contribution in [0.25, 0.3) is 11.1 Å². The molecular weight excluding hydrogens is 290 g/mol. The molecule has 122 valence electrons. The summed E-state index contributed by atoms with van der Waals surface area (Å²) in [5.41, 5.74) is 2.12. The summed E-state index contributed by atoms with van der Waals surface area (Å²) in [5.74, 6) is 0.612. The molecule has 1 heterocycles. The van der Waals surface area contributed by atoms with Crippen molar-refractivity contribution in [3.63, 3.8) is 0 Å². The highest BCUT2D eigenvalue weighted by molar-refractivity contribution is 5.61. The molecule has 2 atom stereocenters. The summed E-state index contributed by atoms with van der Waals surface area (Å²) in [6.45, 7) is 0. The van der Waals surface area contributed by atoms with Gasteiger partial charge < -0.3 is 14.8 Å². The number of anilines is 1. The third-order valence-electron chi connectivity index (χ3n) is 4.44. The lowest BCUT2D eigenvalue weighted by atomic mass is 9.89. The smallest absolute Gasteiger partial charge is 0.223 e. The zero-order chi connectivity index (χ0) is 16.1. The van der Waals surface area contributed by atoms with E-state index in [9.17, 15) is 0 Å². The Bertz CT molecular complexity index is 591. The highest BCUT2D eigenvalue weighted by atomic mass is 16.5. The topological polar surface area (TPSA) is 56.3 Å². The molecule has 0 aliphatic heterocycles. The minimum atomic E-state index is 0.0707. The van der Waals surface area contributed by atoms with Crippen LogP contribution in [-0.4, -0.2) is 42.4 Å². The Morgan fingerprint density at radius 2 is 1.52 bits per heavy atom.